The normalized spacial score (nSPS) is 25.3. The monoisotopic (exact) mass is 521 g/mol. The summed E-state index contributed by atoms with van der Waals surface area (Å²) in [4.78, 5) is 19.3. The van der Waals surface area contributed by atoms with Gasteiger partial charge in [-0.2, -0.15) is 0 Å². The number of aliphatic carboxylic acids is 1. The molecule has 4 heterocycles. The molecule has 7 heteroatoms. The first-order valence-corrected chi connectivity index (χ1v) is 14.9. The van der Waals surface area contributed by atoms with Crippen LogP contribution >= 0.6 is 0 Å². The quantitative estimate of drug-likeness (QED) is 0.430. The fraction of sp³-hybridized carbons (Fsp3) is 0.645. The van der Waals surface area contributed by atoms with E-state index in [0.717, 1.165) is 58.8 Å². The number of carboxylic acids is 1. The zero-order valence-electron chi connectivity index (χ0n) is 23.4. The fourth-order valence-electron chi connectivity index (χ4n) is 6.69. The molecule has 0 radical (unpaired) electrons. The van der Waals surface area contributed by atoms with Gasteiger partial charge in [-0.1, -0.05) is 24.3 Å². The number of hydrogen-bond acceptors (Lipinski definition) is 6. The third-order valence-electron chi connectivity index (χ3n) is 9.01. The van der Waals surface area contributed by atoms with Crippen molar-refractivity contribution in [3.05, 3.63) is 53.4 Å². The predicted molar refractivity (Wildman–Crippen MR) is 154 cm³/mol. The molecule has 0 saturated carbocycles. The minimum atomic E-state index is -0.707. The highest BCUT2D eigenvalue weighted by atomic mass is 16.4. The van der Waals surface area contributed by atoms with Crippen LogP contribution in [0.2, 0.25) is 0 Å². The Labute approximate surface area is 228 Å². The van der Waals surface area contributed by atoms with E-state index in [4.69, 9.17) is 0 Å². The molecule has 1 aromatic carbocycles. The topological polar surface area (TPSA) is 71.1 Å². The number of rotatable bonds is 10. The average Bonchev–Trinajstić information content (AvgIpc) is 3.38. The van der Waals surface area contributed by atoms with Crippen LogP contribution in [0, 0.1) is 5.92 Å². The van der Waals surface area contributed by atoms with Crippen LogP contribution in [0.15, 0.2) is 47.8 Å². The molecule has 7 nitrogen and oxygen atoms in total. The van der Waals surface area contributed by atoms with Gasteiger partial charge in [-0.15, -0.1) is 0 Å². The predicted octanol–water partition coefficient (Wildman–Crippen LogP) is 4.00. The molecule has 2 saturated heterocycles. The third kappa shape index (κ3) is 6.92. The lowest BCUT2D eigenvalue weighted by molar-refractivity contribution is -0.137. The number of nitrogens with one attached hydrogen (secondary N) is 2. The van der Waals surface area contributed by atoms with Crippen molar-refractivity contribution in [1.29, 1.82) is 0 Å². The Bertz CT molecular complexity index is 1010. The lowest BCUT2D eigenvalue weighted by Crippen LogP contribution is -2.48. The number of benzene rings is 1. The van der Waals surface area contributed by atoms with Crippen LogP contribution < -0.4 is 15.5 Å². The molecule has 38 heavy (non-hydrogen) atoms. The summed E-state index contributed by atoms with van der Waals surface area (Å²) in [6.45, 7) is 12.8. The molecule has 1 aromatic rings. The Morgan fingerprint density at radius 1 is 1.13 bits per heavy atom. The van der Waals surface area contributed by atoms with E-state index in [1.807, 2.05) is 0 Å². The van der Waals surface area contributed by atoms with Crippen LogP contribution in [0.25, 0.3) is 0 Å². The van der Waals surface area contributed by atoms with E-state index in [2.05, 4.69) is 75.6 Å². The Morgan fingerprint density at radius 2 is 1.97 bits per heavy atom. The number of likely N-dealkylation sites (tertiary alicyclic amines) is 1. The Hall–Kier alpha value is -2.51. The highest BCUT2D eigenvalue weighted by Crippen LogP contribution is 2.30. The molecule has 208 valence electrons. The van der Waals surface area contributed by atoms with Gasteiger partial charge in [0, 0.05) is 69.5 Å². The van der Waals surface area contributed by atoms with Gasteiger partial charge in [-0.05, 0) is 81.7 Å². The summed E-state index contributed by atoms with van der Waals surface area (Å²) < 4.78 is 0. The molecule has 0 aliphatic carbocycles. The molecule has 2 fully saturated rings. The molecule has 4 aliphatic rings. The van der Waals surface area contributed by atoms with Crippen molar-refractivity contribution in [2.24, 2.45) is 5.92 Å². The lowest BCUT2D eigenvalue weighted by Gasteiger charge is -2.38. The average molecular weight is 522 g/mol. The Balaban J connectivity index is 1.14. The number of nitrogens with zero attached hydrogens (tertiary/aromatic N) is 3. The van der Waals surface area contributed by atoms with E-state index in [1.165, 1.54) is 48.3 Å². The van der Waals surface area contributed by atoms with Crippen LogP contribution in [0.1, 0.15) is 63.9 Å². The van der Waals surface area contributed by atoms with Crippen LogP contribution in [0.3, 0.4) is 0 Å². The zero-order chi connectivity index (χ0) is 26.5. The molecule has 0 bridgehead atoms. The van der Waals surface area contributed by atoms with E-state index < -0.39 is 5.97 Å². The van der Waals surface area contributed by atoms with E-state index in [1.54, 1.807) is 0 Å². The van der Waals surface area contributed by atoms with Gasteiger partial charge in [0.1, 0.15) is 5.82 Å². The summed E-state index contributed by atoms with van der Waals surface area (Å²) in [5.74, 6) is 1.25. The van der Waals surface area contributed by atoms with Crippen molar-refractivity contribution in [2.75, 3.05) is 57.3 Å². The van der Waals surface area contributed by atoms with Crippen molar-refractivity contribution in [2.45, 2.75) is 70.4 Å². The highest BCUT2D eigenvalue weighted by Gasteiger charge is 2.28. The van der Waals surface area contributed by atoms with E-state index in [0.29, 0.717) is 18.0 Å². The highest BCUT2D eigenvalue weighted by molar-refractivity contribution is 5.68. The molecule has 3 unspecified atom stereocenters. The SMILES string of the molecule is CC(C)N1CCN(c2cccc(C(CC(=O)O)CN3CCC(CCC4C=CC5=C(NCCC5)N4)C3)c2)CC1. The largest absolute Gasteiger partial charge is 0.481 e. The third-order valence-corrected chi connectivity index (χ3v) is 9.01. The van der Waals surface area contributed by atoms with Gasteiger partial charge in [0.2, 0.25) is 0 Å². The second-order valence-corrected chi connectivity index (χ2v) is 12.0. The maximum atomic E-state index is 11.8. The maximum Gasteiger partial charge on any atom is 0.304 e. The van der Waals surface area contributed by atoms with Gasteiger partial charge in [-0.25, -0.2) is 0 Å². The second-order valence-electron chi connectivity index (χ2n) is 12.0. The number of piperazine rings is 1. The Morgan fingerprint density at radius 3 is 2.76 bits per heavy atom. The molecule has 5 rings (SSSR count). The molecular formula is C31H47N5O2. The van der Waals surface area contributed by atoms with Crippen molar-refractivity contribution >= 4 is 11.7 Å². The van der Waals surface area contributed by atoms with Crippen LogP contribution in [-0.2, 0) is 4.79 Å². The first-order valence-electron chi connectivity index (χ1n) is 14.9. The van der Waals surface area contributed by atoms with E-state index >= 15 is 0 Å². The van der Waals surface area contributed by atoms with Gasteiger partial charge >= 0.3 is 5.97 Å². The number of allylic oxidation sites excluding steroid dienone is 2. The van der Waals surface area contributed by atoms with Crippen molar-refractivity contribution < 1.29 is 9.90 Å². The molecule has 3 atom stereocenters. The molecule has 4 aliphatic heterocycles. The minimum absolute atomic E-state index is 0.0221. The second kappa shape index (κ2) is 12.6. The van der Waals surface area contributed by atoms with Crippen LogP contribution in [-0.4, -0.2) is 85.3 Å². The van der Waals surface area contributed by atoms with Gasteiger partial charge < -0.3 is 25.5 Å². The lowest BCUT2D eigenvalue weighted by atomic mass is 9.94. The van der Waals surface area contributed by atoms with Crippen LogP contribution in [0.5, 0.6) is 0 Å². The first kappa shape index (κ1) is 27.1. The van der Waals surface area contributed by atoms with Gasteiger partial charge in [0.15, 0.2) is 0 Å². The molecule has 0 amide bonds. The summed E-state index contributed by atoms with van der Waals surface area (Å²) in [6.07, 6.45) is 10.8. The molecule has 0 aromatic heterocycles. The summed E-state index contributed by atoms with van der Waals surface area (Å²) >= 11 is 0. The van der Waals surface area contributed by atoms with Gasteiger partial charge in [0.05, 0.1) is 6.42 Å². The standard InChI is InChI=1S/C31H47N5O2/c1-23(2)35-15-17-36(18-16-35)29-7-3-5-26(19-29)27(20-30(37)38)22-34-14-12-24(21-34)8-10-28-11-9-25-6-4-13-32-31(25)33-28/h3,5,7,9,11,19,23-24,27-28,32-33H,4,6,8,10,12-18,20-22H2,1-2H3,(H,37,38). The first-order chi connectivity index (χ1) is 18.4. The minimum Gasteiger partial charge on any atom is -0.481 e. The van der Waals surface area contributed by atoms with Crippen molar-refractivity contribution in [1.82, 2.24) is 20.4 Å². The summed E-state index contributed by atoms with van der Waals surface area (Å²) in [6, 6.07) is 9.70. The maximum absolute atomic E-state index is 11.8. The molecule has 3 N–H and O–H groups in total. The summed E-state index contributed by atoms with van der Waals surface area (Å²) in [5.41, 5.74) is 3.82. The van der Waals surface area contributed by atoms with Crippen molar-refractivity contribution in [3.8, 4) is 0 Å². The van der Waals surface area contributed by atoms with Gasteiger partial charge in [-0.3, -0.25) is 9.69 Å². The number of hydrogen-bond donors (Lipinski definition) is 3. The molecular weight excluding hydrogens is 474 g/mol. The number of dihydropyridines is 1. The number of anilines is 1. The zero-order valence-corrected chi connectivity index (χ0v) is 23.4. The van der Waals surface area contributed by atoms with Gasteiger partial charge in [0.25, 0.3) is 0 Å². The van der Waals surface area contributed by atoms with E-state index in [-0.39, 0.29) is 12.3 Å². The summed E-state index contributed by atoms with van der Waals surface area (Å²) in [5, 5.41) is 17.0. The van der Waals surface area contributed by atoms with Crippen LogP contribution in [0.4, 0.5) is 5.69 Å². The summed E-state index contributed by atoms with van der Waals surface area (Å²) in [7, 11) is 0. The molecule has 0 spiro atoms. The smallest absolute Gasteiger partial charge is 0.304 e. The fourth-order valence-corrected chi connectivity index (χ4v) is 6.69. The van der Waals surface area contributed by atoms with E-state index in [9.17, 15) is 9.90 Å². The number of carboxylic acid groups (broad SMARTS) is 1. The number of carbonyl (C=O) groups is 1. The Kier molecular flexibility index (Phi) is 8.95. The van der Waals surface area contributed by atoms with Crippen molar-refractivity contribution in [3.63, 3.8) is 0 Å².